The predicted molar refractivity (Wildman–Crippen MR) is 61.8 cm³/mol. The molecular weight excluding hydrogens is 228 g/mol. The van der Waals surface area contributed by atoms with Gasteiger partial charge in [-0.25, -0.2) is 8.42 Å². The number of rotatable bonds is 4. The summed E-state index contributed by atoms with van der Waals surface area (Å²) in [4.78, 5) is 11.7. The molecule has 5 heteroatoms. The molecule has 1 rings (SSSR count). The minimum absolute atomic E-state index is 0.0530. The van der Waals surface area contributed by atoms with Crippen molar-refractivity contribution in [2.75, 3.05) is 12.9 Å². The fourth-order valence-electron chi connectivity index (χ4n) is 2.38. The number of carbonyl (C=O) groups excluding carboxylic acids is 1. The topological polar surface area (TPSA) is 60.4 Å². The van der Waals surface area contributed by atoms with Gasteiger partial charge in [0, 0.05) is 6.26 Å². The van der Waals surface area contributed by atoms with Crippen molar-refractivity contribution in [3.63, 3.8) is 0 Å². The maximum absolute atomic E-state index is 11.7. The monoisotopic (exact) mass is 248 g/mol. The fourth-order valence-corrected chi connectivity index (χ4v) is 3.77. The summed E-state index contributed by atoms with van der Waals surface area (Å²) in [5.74, 6) is -0.625. The average molecular weight is 248 g/mol. The molecule has 0 aromatic carbocycles. The molecule has 0 bridgehead atoms. The molecule has 1 aliphatic rings. The van der Waals surface area contributed by atoms with Gasteiger partial charge in [-0.1, -0.05) is 19.3 Å². The number of esters is 1. The second kappa shape index (κ2) is 5.66. The number of hydrogen-bond donors (Lipinski definition) is 0. The van der Waals surface area contributed by atoms with Crippen LogP contribution in [0.4, 0.5) is 0 Å². The van der Waals surface area contributed by atoms with Crippen LogP contribution in [0.5, 0.6) is 0 Å². The maximum atomic E-state index is 11.7. The highest BCUT2D eigenvalue weighted by atomic mass is 32.2. The normalized spacial score (nSPS) is 20.4. The van der Waals surface area contributed by atoms with Gasteiger partial charge in [0.2, 0.25) is 0 Å². The summed E-state index contributed by atoms with van der Waals surface area (Å²) < 4.78 is 28.2. The fraction of sp³-hybridized carbons (Fsp3) is 0.909. The molecular formula is C11H20O4S. The summed E-state index contributed by atoms with van der Waals surface area (Å²) in [5.41, 5.74) is 0. The summed E-state index contributed by atoms with van der Waals surface area (Å²) in [6.45, 7) is 1.93. The van der Waals surface area contributed by atoms with Crippen LogP contribution < -0.4 is 0 Å². The minimum atomic E-state index is -3.36. The van der Waals surface area contributed by atoms with Gasteiger partial charge < -0.3 is 4.74 Å². The van der Waals surface area contributed by atoms with E-state index in [0.29, 0.717) is 0 Å². The number of carbonyl (C=O) groups is 1. The summed E-state index contributed by atoms with van der Waals surface area (Å²) in [6, 6.07) is 0. The lowest BCUT2D eigenvalue weighted by molar-refractivity contribution is -0.143. The van der Waals surface area contributed by atoms with Gasteiger partial charge in [-0.2, -0.15) is 0 Å². The van der Waals surface area contributed by atoms with Crippen LogP contribution in [0.25, 0.3) is 0 Å². The van der Waals surface area contributed by atoms with Gasteiger partial charge >= 0.3 is 5.97 Å². The summed E-state index contributed by atoms with van der Waals surface area (Å²) in [5, 5.41) is -0.951. The van der Waals surface area contributed by atoms with Gasteiger partial charge in [0.05, 0.1) is 6.61 Å². The Labute approximate surface area is 97.3 Å². The number of hydrogen-bond acceptors (Lipinski definition) is 4. The van der Waals surface area contributed by atoms with Gasteiger partial charge in [0.25, 0.3) is 0 Å². The van der Waals surface area contributed by atoms with E-state index in [-0.39, 0.29) is 12.5 Å². The molecule has 1 aliphatic carbocycles. The van der Waals surface area contributed by atoms with Crippen LogP contribution in [0.1, 0.15) is 39.0 Å². The molecule has 0 aromatic rings. The molecule has 1 unspecified atom stereocenters. The van der Waals surface area contributed by atoms with Crippen LogP contribution in [0.2, 0.25) is 0 Å². The van der Waals surface area contributed by atoms with E-state index in [9.17, 15) is 13.2 Å². The van der Waals surface area contributed by atoms with Crippen molar-refractivity contribution in [1.29, 1.82) is 0 Å². The van der Waals surface area contributed by atoms with Crippen molar-refractivity contribution < 1.29 is 17.9 Å². The highest BCUT2D eigenvalue weighted by Crippen LogP contribution is 2.30. The van der Waals surface area contributed by atoms with Crippen LogP contribution >= 0.6 is 0 Å². The molecule has 16 heavy (non-hydrogen) atoms. The highest BCUT2D eigenvalue weighted by molar-refractivity contribution is 7.92. The molecule has 1 saturated carbocycles. The Morgan fingerprint density at radius 2 is 1.88 bits per heavy atom. The van der Waals surface area contributed by atoms with E-state index in [1.54, 1.807) is 6.92 Å². The Balaban J connectivity index is 2.82. The molecule has 1 fully saturated rings. The van der Waals surface area contributed by atoms with Crippen molar-refractivity contribution in [1.82, 2.24) is 0 Å². The Bertz CT molecular complexity index is 328. The summed E-state index contributed by atoms with van der Waals surface area (Å²) in [6.07, 6.45) is 5.91. The summed E-state index contributed by atoms with van der Waals surface area (Å²) >= 11 is 0. The number of sulfone groups is 1. The van der Waals surface area contributed by atoms with E-state index in [2.05, 4.69) is 0 Å². The smallest absolute Gasteiger partial charge is 0.324 e. The standard InChI is InChI=1S/C11H20O4S/c1-3-15-11(12)10(16(2,13)14)9-7-5-4-6-8-9/h9-10H,3-8H2,1-2H3. The minimum Gasteiger partial charge on any atom is -0.465 e. The Hall–Kier alpha value is -0.580. The van der Waals surface area contributed by atoms with Crippen LogP contribution in [-0.2, 0) is 19.4 Å². The molecule has 0 amide bonds. The van der Waals surface area contributed by atoms with Crippen molar-refractivity contribution in [2.45, 2.75) is 44.3 Å². The molecule has 0 N–H and O–H groups in total. The predicted octanol–water partition coefficient (Wildman–Crippen LogP) is 1.54. The third-order valence-electron chi connectivity index (χ3n) is 3.06. The molecule has 94 valence electrons. The second-order valence-electron chi connectivity index (χ2n) is 4.40. The highest BCUT2D eigenvalue weighted by Gasteiger charge is 2.38. The van der Waals surface area contributed by atoms with E-state index in [4.69, 9.17) is 4.74 Å². The van der Waals surface area contributed by atoms with E-state index < -0.39 is 21.1 Å². The molecule has 4 nitrogen and oxygen atoms in total. The van der Waals surface area contributed by atoms with E-state index in [1.807, 2.05) is 0 Å². The van der Waals surface area contributed by atoms with Gasteiger partial charge in [-0.3, -0.25) is 4.79 Å². The zero-order chi connectivity index (χ0) is 12.2. The molecule has 0 aliphatic heterocycles. The van der Waals surface area contributed by atoms with Gasteiger partial charge in [0.1, 0.15) is 0 Å². The molecule has 0 radical (unpaired) electrons. The first-order chi connectivity index (χ1) is 7.46. The van der Waals surface area contributed by atoms with E-state index in [1.165, 1.54) is 0 Å². The quantitative estimate of drug-likeness (QED) is 0.708. The molecule has 0 heterocycles. The third kappa shape index (κ3) is 3.47. The zero-order valence-electron chi connectivity index (χ0n) is 9.94. The lowest BCUT2D eigenvalue weighted by atomic mass is 9.87. The molecule has 0 aromatic heterocycles. The van der Waals surface area contributed by atoms with Crippen molar-refractivity contribution in [2.24, 2.45) is 5.92 Å². The Kier molecular flexibility index (Phi) is 4.77. The van der Waals surface area contributed by atoms with E-state index in [0.717, 1.165) is 38.4 Å². The van der Waals surface area contributed by atoms with Crippen LogP contribution in [0.15, 0.2) is 0 Å². The summed E-state index contributed by atoms with van der Waals surface area (Å²) in [7, 11) is -3.36. The van der Waals surface area contributed by atoms with Gasteiger partial charge in [0.15, 0.2) is 15.1 Å². The maximum Gasteiger partial charge on any atom is 0.324 e. The average Bonchev–Trinajstić information content (AvgIpc) is 2.17. The van der Waals surface area contributed by atoms with Crippen LogP contribution in [0.3, 0.4) is 0 Å². The lowest BCUT2D eigenvalue weighted by Crippen LogP contribution is -2.39. The van der Waals surface area contributed by atoms with Gasteiger partial charge in [-0.15, -0.1) is 0 Å². The molecule has 0 saturated heterocycles. The Morgan fingerprint density at radius 3 is 2.31 bits per heavy atom. The van der Waals surface area contributed by atoms with Crippen LogP contribution in [0, 0.1) is 5.92 Å². The first-order valence-corrected chi connectivity index (χ1v) is 7.77. The lowest BCUT2D eigenvalue weighted by Gasteiger charge is -2.27. The van der Waals surface area contributed by atoms with Crippen molar-refractivity contribution in [3.8, 4) is 0 Å². The molecule has 1 atom stereocenters. The van der Waals surface area contributed by atoms with Crippen molar-refractivity contribution >= 4 is 15.8 Å². The van der Waals surface area contributed by atoms with E-state index >= 15 is 0 Å². The first kappa shape index (κ1) is 13.5. The number of ether oxygens (including phenoxy) is 1. The van der Waals surface area contributed by atoms with Crippen LogP contribution in [-0.4, -0.2) is 32.5 Å². The third-order valence-corrected chi connectivity index (χ3v) is 4.56. The first-order valence-electron chi connectivity index (χ1n) is 5.82. The Morgan fingerprint density at radius 1 is 1.31 bits per heavy atom. The zero-order valence-corrected chi connectivity index (χ0v) is 10.8. The van der Waals surface area contributed by atoms with Gasteiger partial charge in [-0.05, 0) is 25.7 Å². The second-order valence-corrected chi connectivity index (χ2v) is 6.57. The SMILES string of the molecule is CCOC(=O)C(C1CCCCC1)S(C)(=O)=O. The largest absolute Gasteiger partial charge is 0.465 e. The molecule has 0 spiro atoms. The van der Waals surface area contributed by atoms with Crippen molar-refractivity contribution in [3.05, 3.63) is 0 Å².